The standard InChI is InChI=1S/C13H13ClN4O3/c14-13-12(18(19)20)9(4-6-15-13)10-5-7-17(16-10)11-3-1-2-8-21-11/h4-7,11H,1-3,8H2. The van der Waals surface area contributed by atoms with E-state index in [0.717, 1.165) is 19.3 Å². The summed E-state index contributed by atoms with van der Waals surface area (Å²) in [6.45, 7) is 0.709. The van der Waals surface area contributed by atoms with Crippen LogP contribution >= 0.6 is 11.6 Å². The van der Waals surface area contributed by atoms with E-state index in [1.165, 1.54) is 6.20 Å². The second-order valence-electron chi connectivity index (χ2n) is 4.76. The van der Waals surface area contributed by atoms with Gasteiger partial charge in [-0.2, -0.15) is 5.10 Å². The first-order valence-electron chi connectivity index (χ1n) is 6.63. The van der Waals surface area contributed by atoms with E-state index < -0.39 is 4.92 Å². The maximum Gasteiger partial charge on any atom is 0.315 e. The lowest BCUT2D eigenvalue weighted by molar-refractivity contribution is -0.384. The van der Waals surface area contributed by atoms with Crippen LogP contribution < -0.4 is 0 Å². The fraction of sp³-hybridized carbons (Fsp3) is 0.385. The highest BCUT2D eigenvalue weighted by molar-refractivity contribution is 6.32. The molecule has 1 aliphatic heterocycles. The van der Waals surface area contributed by atoms with Gasteiger partial charge < -0.3 is 4.74 Å². The van der Waals surface area contributed by atoms with Crippen molar-refractivity contribution in [3.8, 4) is 11.3 Å². The molecule has 3 heterocycles. The molecule has 3 rings (SSSR count). The molecule has 0 N–H and O–H groups in total. The molecule has 1 atom stereocenters. The number of hydrogen-bond acceptors (Lipinski definition) is 5. The Morgan fingerprint density at radius 2 is 2.29 bits per heavy atom. The molecule has 0 radical (unpaired) electrons. The van der Waals surface area contributed by atoms with Crippen molar-refractivity contribution >= 4 is 17.3 Å². The predicted molar refractivity (Wildman–Crippen MR) is 76.0 cm³/mol. The molecule has 0 saturated carbocycles. The van der Waals surface area contributed by atoms with Gasteiger partial charge in [0.2, 0.25) is 5.15 Å². The smallest absolute Gasteiger partial charge is 0.315 e. The molecule has 2 aromatic rings. The van der Waals surface area contributed by atoms with Crippen LogP contribution in [0.1, 0.15) is 25.5 Å². The lowest BCUT2D eigenvalue weighted by atomic mass is 10.2. The normalized spacial score (nSPS) is 18.6. The van der Waals surface area contributed by atoms with Crippen molar-refractivity contribution in [1.82, 2.24) is 14.8 Å². The lowest BCUT2D eigenvalue weighted by Crippen LogP contribution is -2.18. The highest BCUT2D eigenvalue weighted by atomic mass is 35.5. The minimum absolute atomic E-state index is 0.108. The van der Waals surface area contributed by atoms with Crippen LogP contribution in [0.3, 0.4) is 0 Å². The second-order valence-corrected chi connectivity index (χ2v) is 5.12. The van der Waals surface area contributed by atoms with Crippen LogP contribution in [0.4, 0.5) is 5.69 Å². The molecule has 110 valence electrons. The molecule has 0 spiro atoms. The average Bonchev–Trinajstić information content (AvgIpc) is 2.97. The van der Waals surface area contributed by atoms with E-state index in [1.54, 1.807) is 23.0 Å². The summed E-state index contributed by atoms with van der Waals surface area (Å²) in [4.78, 5) is 14.4. The van der Waals surface area contributed by atoms with Crippen LogP contribution in [0.2, 0.25) is 5.15 Å². The quantitative estimate of drug-likeness (QED) is 0.494. The van der Waals surface area contributed by atoms with Crippen LogP contribution in [0, 0.1) is 10.1 Å². The summed E-state index contributed by atoms with van der Waals surface area (Å²) in [5, 5.41) is 15.4. The Labute approximate surface area is 125 Å². The van der Waals surface area contributed by atoms with Gasteiger partial charge in [-0.25, -0.2) is 9.67 Å². The maximum absolute atomic E-state index is 11.1. The van der Waals surface area contributed by atoms with E-state index in [-0.39, 0.29) is 17.1 Å². The molecule has 1 aliphatic rings. The van der Waals surface area contributed by atoms with E-state index in [1.807, 2.05) is 0 Å². The summed E-state index contributed by atoms with van der Waals surface area (Å²) in [5.41, 5.74) is 0.615. The second kappa shape index (κ2) is 5.79. The number of aromatic nitrogens is 3. The van der Waals surface area contributed by atoms with Crippen LogP contribution in [-0.4, -0.2) is 26.3 Å². The van der Waals surface area contributed by atoms with Gasteiger partial charge in [-0.1, -0.05) is 11.6 Å². The van der Waals surface area contributed by atoms with Gasteiger partial charge >= 0.3 is 5.69 Å². The van der Waals surface area contributed by atoms with Gasteiger partial charge in [0.05, 0.1) is 16.2 Å². The number of nitrogens with zero attached hydrogens (tertiary/aromatic N) is 4. The van der Waals surface area contributed by atoms with E-state index in [2.05, 4.69) is 10.1 Å². The van der Waals surface area contributed by atoms with Crippen molar-refractivity contribution in [2.75, 3.05) is 6.61 Å². The molecule has 0 bridgehead atoms. The van der Waals surface area contributed by atoms with Gasteiger partial charge in [0.15, 0.2) is 0 Å². The molecule has 7 nitrogen and oxygen atoms in total. The Kier molecular flexibility index (Phi) is 3.85. The molecular weight excluding hydrogens is 296 g/mol. The van der Waals surface area contributed by atoms with Crippen molar-refractivity contribution in [3.05, 3.63) is 39.8 Å². The molecule has 2 aromatic heterocycles. The third kappa shape index (κ3) is 2.74. The van der Waals surface area contributed by atoms with Crippen molar-refractivity contribution in [2.24, 2.45) is 0 Å². The summed E-state index contributed by atoms with van der Waals surface area (Å²) in [6.07, 6.45) is 6.12. The zero-order chi connectivity index (χ0) is 14.8. The van der Waals surface area contributed by atoms with Crippen molar-refractivity contribution < 1.29 is 9.66 Å². The molecule has 1 fully saturated rings. The van der Waals surface area contributed by atoms with Gasteiger partial charge in [0, 0.05) is 19.0 Å². The SMILES string of the molecule is O=[N+]([O-])c1c(-c2ccn(C3CCCCO3)n2)ccnc1Cl. The number of hydrogen-bond donors (Lipinski definition) is 0. The van der Waals surface area contributed by atoms with E-state index in [0.29, 0.717) is 17.9 Å². The highest BCUT2D eigenvalue weighted by Gasteiger charge is 2.24. The topological polar surface area (TPSA) is 83.1 Å². The van der Waals surface area contributed by atoms with Gasteiger partial charge in [-0.3, -0.25) is 10.1 Å². The first-order valence-corrected chi connectivity index (χ1v) is 7.00. The van der Waals surface area contributed by atoms with Crippen molar-refractivity contribution in [3.63, 3.8) is 0 Å². The maximum atomic E-state index is 11.1. The Bertz CT molecular complexity index is 667. The molecule has 21 heavy (non-hydrogen) atoms. The van der Waals surface area contributed by atoms with E-state index in [9.17, 15) is 10.1 Å². The molecule has 1 unspecified atom stereocenters. The van der Waals surface area contributed by atoms with Crippen molar-refractivity contribution in [1.29, 1.82) is 0 Å². The summed E-state index contributed by atoms with van der Waals surface area (Å²) >= 11 is 5.82. The van der Waals surface area contributed by atoms with Gasteiger partial charge in [-0.15, -0.1) is 0 Å². The third-order valence-corrected chi connectivity index (χ3v) is 3.67. The highest BCUT2D eigenvalue weighted by Crippen LogP contribution is 2.34. The molecule has 0 aromatic carbocycles. The third-order valence-electron chi connectivity index (χ3n) is 3.40. The lowest BCUT2D eigenvalue weighted by Gasteiger charge is -2.22. The summed E-state index contributed by atoms with van der Waals surface area (Å²) in [5.74, 6) is 0. The molecule has 0 aliphatic carbocycles. The zero-order valence-electron chi connectivity index (χ0n) is 11.1. The number of rotatable bonds is 3. The predicted octanol–water partition coefficient (Wildman–Crippen LogP) is 3.21. The number of ether oxygens (including phenoxy) is 1. The molecule has 8 heteroatoms. The summed E-state index contributed by atoms with van der Waals surface area (Å²) < 4.78 is 7.34. The average molecular weight is 309 g/mol. The van der Waals surface area contributed by atoms with Crippen LogP contribution in [0.15, 0.2) is 24.5 Å². The molecule has 0 amide bonds. The van der Waals surface area contributed by atoms with Gasteiger partial charge in [-0.05, 0) is 31.4 Å². The Balaban J connectivity index is 1.96. The number of pyridine rings is 1. The Morgan fingerprint density at radius 3 is 3.00 bits per heavy atom. The molecular formula is C13H13ClN4O3. The number of nitro groups is 1. The minimum atomic E-state index is -0.541. The monoisotopic (exact) mass is 308 g/mol. The van der Waals surface area contributed by atoms with Crippen LogP contribution in [-0.2, 0) is 4.74 Å². The Morgan fingerprint density at radius 1 is 1.43 bits per heavy atom. The van der Waals surface area contributed by atoms with E-state index in [4.69, 9.17) is 16.3 Å². The Hall–Kier alpha value is -1.99. The number of halogens is 1. The van der Waals surface area contributed by atoms with Crippen LogP contribution in [0.5, 0.6) is 0 Å². The fourth-order valence-electron chi connectivity index (χ4n) is 2.38. The summed E-state index contributed by atoms with van der Waals surface area (Å²) in [6, 6.07) is 3.26. The van der Waals surface area contributed by atoms with Gasteiger partial charge in [0.1, 0.15) is 6.23 Å². The zero-order valence-corrected chi connectivity index (χ0v) is 11.9. The van der Waals surface area contributed by atoms with Gasteiger partial charge in [0.25, 0.3) is 0 Å². The summed E-state index contributed by atoms with van der Waals surface area (Å²) in [7, 11) is 0. The molecule has 1 saturated heterocycles. The van der Waals surface area contributed by atoms with Crippen molar-refractivity contribution in [2.45, 2.75) is 25.5 Å². The first-order chi connectivity index (χ1) is 10.2. The first kappa shape index (κ1) is 14.0. The largest absolute Gasteiger partial charge is 0.357 e. The van der Waals surface area contributed by atoms with Crippen LogP contribution in [0.25, 0.3) is 11.3 Å². The minimum Gasteiger partial charge on any atom is -0.357 e. The van der Waals surface area contributed by atoms with E-state index >= 15 is 0 Å². The fourth-order valence-corrected chi connectivity index (χ4v) is 2.61.